The molecule has 2 unspecified atom stereocenters. The molecule has 0 aliphatic carbocycles. The molecule has 2 N–H and O–H groups in total. The molecule has 2 amide bonds. The molecule has 0 saturated carbocycles. The number of aromatic amines is 1. The highest BCUT2D eigenvalue weighted by Gasteiger charge is 2.50. The Kier molecular flexibility index (Phi) is 9.99. The van der Waals surface area contributed by atoms with E-state index in [2.05, 4.69) is 10.3 Å². The summed E-state index contributed by atoms with van der Waals surface area (Å²) in [6.07, 6.45) is -3.29. The van der Waals surface area contributed by atoms with E-state index in [1.165, 1.54) is 13.8 Å². The summed E-state index contributed by atoms with van der Waals surface area (Å²) in [6, 6.07) is 11.6. The zero-order chi connectivity index (χ0) is 32.4. The predicted molar refractivity (Wildman–Crippen MR) is 164 cm³/mol. The van der Waals surface area contributed by atoms with E-state index < -0.39 is 41.5 Å². The highest BCUT2D eigenvalue weighted by molar-refractivity contribution is 6.30. The quantitative estimate of drug-likeness (QED) is 0.273. The van der Waals surface area contributed by atoms with Crippen LogP contribution in [0.2, 0.25) is 5.02 Å². The molecule has 44 heavy (non-hydrogen) atoms. The van der Waals surface area contributed by atoms with Crippen LogP contribution in [-0.4, -0.2) is 72.7 Å². The van der Waals surface area contributed by atoms with Gasteiger partial charge >= 0.3 is 12.1 Å². The van der Waals surface area contributed by atoms with Crippen LogP contribution in [0, 0.1) is 5.92 Å². The van der Waals surface area contributed by atoms with Crippen LogP contribution >= 0.6 is 11.6 Å². The Morgan fingerprint density at radius 1 is 1.14 bits per heavy atom. The van der Waals surface area contributed by atoms with Crippen LogP contribution < -0.4 is 10.2 Å². The molecular formula is C32H38ClF3N4O4. The van der Waals surface area contributed by atoms with Crippen molar-refractivity contribution in [2.75, 3.05) is 32.1 Å². The largest absolute Gasteiger partial charge is 0.490 e. The lowest BCUT2D eigenvalue weighted by atomic mass is 9.87. The van der Waals surface area contributed by atoms with Crippen molar-refractivity contribution in [2.45, 2.75) is 63.8 Å². The zero-order valence-electron chi connectivity index (χ0n) is 25.4. The molecule has 0 bridgehead atoms. The molecule has 3 aromatic rings. The number of anilines is 1. The average Bonchev–Trinajstić information content (AvgIpc) is 3.40. The van der Waals surface area contributed by atoms with Crippen LogP contribution in [0.25, 0.3) is 10.9 Å². The van der Waals surface area contributed by atoms with E-state index in [4.69, 9.17) is 16.3 Å². The van der Waals surface area contributed by atoms with Gasteiger partial charge in [0.25, 0.3) is 5.91 Å². The Hall–Kier alpha value is -3.57. The number of halogens is 4. The summed E-state index contributed by atoms with van der Waals surface area (Å²) in [6.45, 7) is 5.75. The third-order valence-corrected chi connectivity index (χ3v) is 8.65. The SMILES string of the molecule is CCC(CC)(OC(=O)C(F)(F)F)C(=O)NC(C(=O)N1C[C@@H](CN(C)C)Cc2cc(Cl)ccc21)C(C)c1c[nH]c2ccccc12. The number of para-hydroxylation sites is 1. The van der Waals surface area contributed by atoms with Gasteiger partial charge in [-0.25, -0.2) is 4.79 Å². The molecule has 0 spiro atoms. The highest BCUT2D eigenvalue weighted by atomic mass is 35.5. The van der Waals surface area contributed by atoms with Crippen LogP contribution in [0.15, 0.2) is 48.7 Å². The van der Waals surface area contributed by atoms with Crippen LogP contribution in [0.4, 0.5) is 18.9 Å². The zero-order valence-corrected chi connectivity index (χ0v) is 26.2. The number of alkyl halides is 3. The van der Waals surface area contributed by atoms with Crippen molar-refractivity contribution in [3.05, 3.63) is 64.8 Å². The Balaban J connectivity index is 1.78. The minimum Gasteiger partial charge on any atom is -0.442 e. The van der Waals surface area contributed by atoms with E-state index in [0.717, 1.165) is 22.0 Å². The number of carbonyl (C=O) groups is 3. The fraction of sp³-hybridized carbons (Fsp3) is 0.469. The van der Waals surface area contributed by atoms with Gasteiger partial charge in [-0.1, -0.05) is 50.6 Å². The van der Waals surface area contributed by atoms with Gasteiger partial charge in [0, 0.05) is 46.8 Å². The summed E-state index contributed by atoms with van der Waals surface area (Å²) in [7, 11) is 3.89. The summed E-state index contributed by atoms with van der Waals surface area (Å²) < 4.78 is 44.5. The van der Waals surface area contributed by atoms with Gasteiger partial charge in [0.05, 0.1) is 0 Å². The van der Waals surface area contributed by atoms with Gasteiger partial charge < -0.3 is 24.8 Å². The molecule has 8 nitrogen and oxygen atoms in total. The molecule has 1 aromatic heterocycles. The number of hydrogen-bond donors (Lipinski definition) is 2. The van der Waals surface area contributed by atoms with Crippen LogP contribution in [0.1, 0.15) is 50.7 Å². The minimum atomic E-state index is -5.29. The van der Waals surface area contributed by atoms with Gasteiger partial charge in [-0.15, -0.1) is 0 Å². The summed E-state index contributed by atoms with van der Waals surface area (Å²) >= 11 is 6.32. The molecule has 0 radical (unpaired) electrons. The molecule has 0 fully saturated rings. The third kappa shape index (κ3) is 6.89. The van der Waals surface area contributed by atoms with Crippen molar-refractivity contribution >= 4 is 46.0 Å². The number of ether oxygens (including phenoxy) is 1. The van der Waals surface area contributed by atoms with E-state index in [1.807, 2.05) is 49.3 Å². The number of fused-ring (bicyclic) bond motifs is 2. The van der Waals surface area contributed by atoms with Crippen LogP contribution in [0.3, 0.4) is 0 Å². The highest BCUT2D eigenvalue weighted by Crippen LogP contribution is 2.36. The monoisotopic (exact) mass is 634 g/mol. The van der Waals surface area contributed by atoms with Crippen molar-refractivity contribution in [3.63, 3.8) is 0 Å². The fourth-order valence-corrected chi connectivity index (χ4v) is 6.24. The van der Waals surface area contributed by atoms with Crippen molar-refractivity contribution in [2.24, 2.45) is 5.92 Å². The van der Waals surface area contributed by atoms with Crippen LogP contribution in [-0.2, 0) is 25.5 Å². The van der Waals surface area contributed by atoms with E-state index in [1.54, 1.807) is 30.2 Å². The van der Waals surface area contributed by atoms with Gasteiger partial charge in [0.2, 0.25) is 5.91 Å². The molecule has 0 saturated heterocycles. The number of nitrogens with zero attached hydrogens (tertiary/aromatic N) is 2. The topological polar surface area (TPSA) is 94.7 Å². The Labute approximate surface area is 259 Å². The second-order valence-electron chi connectivity index (χ2n) is 11.7. The van der Waals surface area contributed by atoms with E-state index in [0.29, 0.717) is 30.2 Å². The first-order valence-corrected chi connectivity index (χ1v) is 15.0. The third-order valence-electron chi connectivity index (χ3n) is 8.41. The standard InChI is InChI=1S/C32H38ClF3N4O4/c1-6-31(7-2,44-30(43)32(34,35)36)29(42)38-27(19(3)24-16-37-25-11-9-8-10-23(24)25)28(41)40-18-20(17-39(4)5)14-21-15-22(33)12-13-26(21)40/h8-13,15-16,19-20,27,37H,6-7,14,17-18H2,1-5H3,(H,38,42)/t19?,20-,27?/m1/s1. The molecule has 238 valence electrons. The maximum atomic E-state index is 14.6. The number of amides is 2. The van der Waals surface area contributed by atoms with Crippen LogP contribution in [0.5, 0.6) is 0 Å². The molecule has 2 aromatic carbocycles. The van der Waals surface area contributed by atoms with Gasteiger partial charge in [-0.3, -0.25) is 9.59 Å². The summed E-state index contributed by atoms with van der Waals surface area (Å²) in [5, 5.41) is 4.10. The van der Waals surface area contributed by atoms with Gasteiger partial charge in [0.15, 0.2) is 5.60 Å². The van der Waals surface area contributed by atoms with E-state index >= 15 is 0 Å². The Morgan fingerprint density at radius 2 is 1.82 bits per heavy atom. The minimum absolute atomic E-state index is 0.0535. The van der Waals surface area contributed by atoms with Gasteiger partial charge in [0.1, 0.15) is 6.04 Å². The lowest BCUT2D eigenvalue weighted by Gasteiger charge is -2.39. The summed E-state index contributed by atoms with van der Waals surface area (Å²) in [5.41, 5.74) is 0.964. The molecule has 2 heterocycles. The Bertz CT molecular complexity index is 1520. The first-order valence-electron chi connectivity index (χ1n) is 14.6. The first kappa shape index (κ1) is 33.3. The second-order valence-corrected chi connectivity index (χ2v) is 12.1. The number of carbonyl (C=O) groups excluding carboxylic acids is 3. The average molecular weight is 635 g/mol. The number of H-pyrrole nitrogens is 1. The number of rotatable bonds is 10. The number of aromatic nitrogens is 1. The van der Waals surface area contributed by atoms with Crippen molar-refractivity contribution in [1.29, 1.82) is 0 Å². The molecular weight excluding hydrogens is 597 g/mol. The molecule has 1 aliphatic rings. The Morgan fingerprint density at radius 3 is 2.45 bits per heavy atom. The first-order chi connectivity index (χ1) is 20.7. The van der Waals surface area contributed by atoms with Crippen molar-refractivity contribution < 1.29 is 32.3 Å². The smallest absolute Gasteiger partial charge is 0.442 e. The number of esters is 1. The lowest BCUT2D eigenvalue weighted by Crippen LogP contribution is -2.59. The predicted octanol–water partition coefficient (Wildman–Crippen LogP) is 5.84. The molecule has 4 rings (SSSR count). The molecule has 12 heteroatoms. The molecule has 1 aliphatic heterocycles. The maximum absolute atomic E-state index is 14.6. The fourth-order valence-electron chi connectivity index (χ4n) is 6.05. The van der Waals surface area contributed by atoms with Gasteiger partial charge in [-0.2, -0.15) is 13.2 Å². The second kappa shape index (κ2) is 13.2. The normalized spacial score (nSPS) is 16.9. The van der Waals surface area contributed by atoms with Crippen molar-refractivity contribution in [3.8, 4) is 0 Å². The summed E-state index contributed by atoms with van der Waals surface area (Å²) in [4.78, 5) is 47.3. The molecule has 3 atom stereocenters. The number of benzene rings is 2. The van der Waals surface area contributed by atoms with E-state index in [-0.39, 0.29) is 18.8 Å². The van der Waals surface area contributed by atoms with Crippen molar-refractivity contribution in [1.82, 2.24) is 15.2 Å². The maximum Gasteiger partial charge on any atom is 0.490 e. The number of nitrogens with one attached hydrogen (secondary N) is 2. The number of hydrogen-bond acceptors (Lipinski definition) is 5. The lowest BCUT2D eigenvalue weighted by molar-refractivity contribution is -0.215. The van der Waals surface area contributed by atoms with E-state index in [9.17, 15) is 27.6 Å². The summed E-state index contributed by atoms with van der Waals surface area (Å²) in [5.74, 6) is -4.44. The van der Waals surface area contributed by atoms with Gasteiger partial charge in [-0.05, 0) is 74.7 Å².